The molecule has 1 amide bonds. The number of benzene rings is 1. The van der Waals surface area contributed by atoms with Crippen LogP contribution in [0.1, 0.15) is 13.3 Å². The number of carbonyl (C=O) groups excluding carboxylic acids is 1. The Labute approximate surface area is 142 Å². The van der Waals surface area contributed by atoms with E-state index in [4.69, 9.17) is 5.26 Å². The average molecular weight is 348 g/mol. The van der Waals surface area contributed by atoms with Gasteiger partial charge in [-0.25, -0.2) is 4.68 Å². The number of aromatic nitrogens is 4. The zero-order valence-electron chi connectivity index (χ0n) is 12.8. The Kier molecular flexibility index (Phi) is 6.43. The summed E-state index contributed by atoms with van der Waals surface area (Å²) in [5, 5.41) is 23.5. The van der Waals surface area contributed by atoms with Crippen molar-refractivity contribution in [2.45, 2.75) is 28.6 Å². The van der Waals surface area contributed by atoms with E-state index in [2.05, 4.69) is 26.9 Å². The lowest BCUT2D eigenvalue weighted by Crippen LogP contribution is -2.15. The molecule has 2 rings (SSSR count). The molecule has 1 atom stereocenters. The van der Waals surface area contributed by atoms with E-state index in [-0.39, 0.29) is 16.9 Å². The molecule has 9 heteroatoms. The van der Waals surface area contributed by atoms with Crippen LogP contribution in [0, 0.1) is 11.3 Å². The van der Waals surface area contributed by atoms with Gasteiger partial charge < -0.3 is 5.32 Å². The van der Waals surface area contributed by atoms with Crippen LogP contribution in [0.3, 0.4) is 0 Å². The number of nitriles is 1. The van der Waals surface area contributed by atoms with E-state index < -0.39 is 0 Å². The number of tetrazole rings is 1. The Bertz CT molecular complexity index is 711. The monoisotopic (exact) mass is 348 g/mol. The zero-order valence-corrected chi connectivity index (χ0v) is 14.4. The molecular weight excluding hydrogens is 332 g/mol. The minimum atomic E-state index is -0.126. The van der Waals surface area contributed by atoms with Crippen molar-refractivity contribution in [3.63, 3.8) is 0 Å². The highest BCUT2D eigenvalue weighted by atomic mass is 32.2. The predicted molar refractivity (Wildman–Crippen MR) is 90.1 cm³/mol. The van der Waals surface area contributed by atoms with Crippen LogP contribution in [-0.2, 0) is 11.8 Å². The van der Waals surface area contributed by atoms with Crippen molar-refractivity contribution < 1.29 is 4.79 Å². The molecule has 0 aliphatic heterocycles. The number of thioether (sulfide) groups is 2. The zero-order chi connectivity index (χ0) is 16.7. The van der Waals surface area contributed by atoms with E-state index in [0.29, 0.717) is 11.6 Å². The van der Waals surface area contributed by atoms with Crippen LogP contribution in [0.25, 0.3) is 0 Å². The fraction of sp³-hybridized carbons (Fsp3) is 0.357. The second-order valence-corrected chi connectivity index (χ2v) is 7.13. The molecule has 0 bridgehead atoms. The number of hydrogen-bond donors (Lipinski definition) is 1. The molecule has 1 heterocycles. The Balaban J connectivity index is 1.95. The van der Waals surface area contributed by atoms with E-state index in [1.807, 2.05) is 31.2 Å². The van der Waals surface area contributed by atoms with E-state index in [0.717, 1.165) is 10.6 Å². The van der Waals surface area contributed by atoms with Crippen molar-refractivity contribution in [2.75, 3.05) is 11.1 Å². The van der Waals surface area contributed by atoms with Gasteiger partial charge in [-0.2, -0.15) is 5.26 Å². The van der Waals surface area contributed by atoms with E-state index in [9.17, 15) is 4.79 Å². The van der Waals surface area contributed by atoms with Crippen molar-refractivity contribution in [3.05, 3.63) is 24.3 Å². The molecule has 120 valence electrons. The molecule has 0 fully saturated rings. The number of hydrogen-bond acceptors (Lipinski definition) is 7. The fourth-order valence-corrected chi connectivity index (χ4v) is 3.36. The van der Waals surface area contributed by atoms with Crippen molar-refractivity contribution in [1.82, 2.24) is 20.2 Å². The van der Waals surface area contributed by atoms with Crippen LogP contribution >= 0.6 is 23.5 Å². The summed E-state index contributed by atoms with van der Waals surface area (Å²) in [4.78, 5) is 13.1. The van der Waals surface area contributed by atoms with E-state index >= 15 is 0 Å². The number of anilines is 1. The van der Waals surface area contributed by atoms with Gasteiger partial charge in [0.25, 0.3) is 0 Å². The number of para-hydroxylation sites is 1. The lowest BCUT2D eigenvalue weighted by molar-refractivity contribution is -0.113. The standard InChI is InChI=1S/C14H16N6OS2/c1-10(7-8-15)23-12-6-4-3-5-11(12)16-13(21)9-22-14-17-18-19-20(14)2/h3-6,10H,7,9H2,1-2H3,(H,16,21)/t10-/m1/s1. The van der Waals surface area contributed by atoms with Crippen molar-refractivity contribution in [2.24, 2.45) is 7.05 Å². The van der Waals surface area contributed by atoms with E-state index in [1.165, 1.54) is 16.4 Å². The molecule has 0 aliphatic carbocycles. The molecule has 1 aromatic carbocycles. The van der Waals surface area contributed by atoms with Gasteiger partial charge in [0.2, 0.25) is 11.1 Å². The number of nitrogens with one attached hydrogen (secondary N) is 1. The van der Waals surface area contributed by atoms with Crippen molar-refractivity contribution in [1.29, 1.82) is 5.26 Å². The normalized spacial score (nSPS) is 11.7. The second kappa shape index (κ2) is 8.55. The lowest BCUT2D eigenvalue weighted by Gasteiger charge is -2.13. The SMILES string of the molecule is C[C@H](CC#N)Sc1ccccc1NC(=O)CSc1nnnn1C. The average Bonchev–Trinajstić information content (AvgIpc) is 2.93. The third-order valence-electron chi connectivity index (χ3n) is 2.78. The summed E-state index contributed by atoms with van der Waals surface area (Å²) in [6, 6.07) is 9.73. The van der Waals surface area contributed by atoms with Crippen molar-refractivity contribution >= 4 is 35.1 Å². The topological polar surface area (TPSA) is 96.5 Å². The summed E-state index contributed by atoms with van der Waals surface area (Å²) in [6.45, 7) is 1.99. The molecule has 1 N–H and O–H groups in total. The summed E-state index contributed by atoms with van der Waals surface area (Å²) >= 11 is 2.85. The van der Waals surface area contributed by atoms with Gasteiger partial charge in [0.05, 0.1) is 17.5 Å². The molecule has 2 aromatic rings. The summed E-state index contributed by atoms with van der Waals surface area (Å²) in [7, 11) is 1.72. The molecule has 0 unspecified atom stereocenters. The molecule has 0 spiro atoms. The molecule has 0 radical (unpaired) electrons. The van der Waals surface area contributed by atoms with Crippen LogP contribution < -0.4 is 5.32 Å². The van der Waals surface area contributed by atoms with Crippen LogP contribution in [0.4, 0.5) is 5.69 Å². The van der Waals surface area contributed by atoms with Gasteiger partial charge in [-0.05, 0) is 22.6 Å². The minimum absolute atomic E-state index is 0.126. The van der Waals surface area contributed by atoms with Crippen LogP contribution in [0.2, 0.25) is 0 Å². The summed E-state index contributed by atoms with van der Waals surface area (Å²) in [5.74, 6) is 0.0972. The number of amides is 1. The van der Waals surface area contributed by atoms with Crippen LogP contribution in [0.5, 0.6) is 0 Å². The van der Waals surface area contributed by atoms with Gasteiger partial charge in [-0.1, -0.05) is 30.8 Å². The summed E-state index contributed by atoms with van der Waals surface area (Å²) < 4.78 is 1.52. The molecule has 0 saturated heterocycles. The first kappa shape index (κ1) is 17.3. The van der Waals surface area contributed by atoms with Gasteiger partial charge in [0, 0.05) is 23.6 Å². The van der Waals surface area contributed by atoms with Crippen LogP contribution in [0.15, 0.2) is 34.3 Å². The van der Waals surface area contributed by atoms with E-state index in [1.54, 1.807) is 18.8 Å². The van der Waals surface area contributed by atoms with Crippen molar-refractivity contribution in [3.8, 4) is 6.07 Å². The smallest absolute Gasteiger partial charge is 0.234 e. The van der Waals surface area contributed by atoms with Gasteiger partial charge in [0.1, 0.15) is 0 Å². The third kappa shape index (κ3) is 5.26. The number of rotatable bonds is 7. The highest BCUT2D eigenvalue weighted by Crippen LogP contribution is 2.31. The van der Waals surface area contributed by atoms with Gasteiger partial charge >= 0.3 is 0 Å². The highest BCUT2D eigenvalue weighted by Gasteiger charge is 2.12. The predicted octanol–water partition coefficient (Wildman–Crippen LogP) is 2.34. The molecule has 0 aliphatic rings. The quantitative estimate of drug-likeness (QED) is 0.767. The Morgan fingerprint density at radius 3 is 2.96 bits per heavy atom. The minimum Gasteiger partial charge on any atom is -0.324 e. The first-order chi connectivity index (χ1) is 11.1. The molecule has 23 heavy (non-hydrogen) atoms. The third-order valence-corrected chi connectivity index (χ3v) is 4.97. The summed E-state index contributed by atoms with van der Waals surface area (Å²) in [5.41, 5.74) is 0.754. The Morgan fingerprint density at radius 1 is 1.48 bits per heavy atom. The fourth-order valence-electron chi connectivity index (χ4n) is 1.72. The van der Waals surface area contributed by atoms with Gasteiger partial charge in [-0.3, -0.25) is 4.79 Å². The molecular formula is C14H16N6OS2. The number of aryl methyl sites for hydroxylation is 1. The summed E-state index contributed by atoms with van der Waals surface area (Å²) in [6.07, 6.45) is 0.460. The highest BCUT2D eigenvalue weighted by molar-refractivity contribution is 8.00. The molecule has 0 saturated carbocycles. The Hall–Kier alpha value is -2.05. The second-order valence-electron chi connectivity index (χ2n) is 4.71. The number of carbonyl (C=O) groups is 1. The van der Waals surface area contributed by atoms with Crippen LogP contribution in [-0.4, -0.2) is 37.1 Å². The maximum Gasteiger partial charge on any atom is 0.234 e. The molecule has 7 nitrogen and oxygen atoms in total. The maximum atomic E-state index is 12.1. The van der Waals surface area contributed by atoms with Gasteiger partial charge in [0.15, 0.2) is 0 Å². The Morgan fingerprint density at radius 2 is 2.26 bits per heavy atom. The first-order valence-electron chi connectivity index (χ1n) is 6.87. The lowest BCUT2D eigenvalue weighted by atomic mass is 10.3. The maximum absolute atomic E-state index is 12.1. The van der Waals surface area contributed by atoms with Gasteiger partial charge in [-0.15, -0.1) is 16.9 Å². The first-order valence-corrected chi connectivity index (χ1v) is 8.74. The number of nitrogens with zero attached hydrogens (tertiary/aromatic N) is 5. The molecule has 1 aromatic heterocycles. The largest absolute Gasteiger partial charge is 0.324 e.